The van der Waals surface area contributed by atoms with E-state index in [4.69, 9.17) is 4.74 Å². The Bertz CT molecular complexity index is 331. The zero-order valence-electron chi connectivity index (χ0n) is 13.0. The van der Waals surface area contributed by atoms with Crippen LogP contribution >= 0.6 is 11.8 Å². The lowest BCUT2D eigenvalue weighted by molar-refractivity contribution is -0.109. The van der Waals surface area contributed by atoms with E-state index >= 15 is 0 Å². The summed E-state index contributed by atoms with van der Waals surface area (Å²) >= 11 is 1.43. The molecular weight excluding hydrogens is 274 g/mol. The Morgan fingerprint density at radius 3 is 2.20 bits per heavy atom. The molecule has 0 saturated heterocycles. The molecule has 5 heteroatoms. The quantitative estimate of drug-likeness (QED) is 0.862. The summed E-state index contributed by atoms with van der Waals surface area (Å²) in [5, 5.41) is 3.06. The molecule has 0 bridgehead atoms. The van der Waals surface area contributed by atoms with E-state index in [0.717, 1.165) is 31.4 Å². The number of nitrogens with one attached hydrogen (secondary N) is 1. The smallest absolute Gasteiger partial charge is 0.407 e. The Kier molecular flexibility index (Phi) is 6.86. The highest BCUT2D eigenvalue weighted by molar-refractivity contribution is 8.13. The molecule has 4 nitrogen and oxygen atoms in total. The molecule has 0 heterocycles. The molecule has 0 aromatic carbocycles. The third kappa shape index (κ3) is 7.78. The van der Waals surface area contributed by atoms with Crippen LogP contribution in [-0.2, 0) is 9.53 Å². The Morgan fingerprint density at radius 2 is 1.70 bits per heavy atom. The molecule has 1 fully saturated rings. The van der Waals surface area contributed by atoms with E-state index in [1.807, 2.05) is 20.8 Å². The minimum atomic E-state index is -0.439. The molecule has 1 aliphatic rings. The van der Waals surface area contributed by atoms with Crippen molar-refractivity contribution in [2.45, 2.75) is 59.0 Å². The maximum absolute atomic E-state index is 11.6. The summed E-state index contributed by atoms with van der Waals surface area (Å²) < 4.78 is 5.22. The van der Waals surface area contributed by atoms with E-state index in [-0.39, 0.29) is 11.2 Å². The standard InChI is InChI=1S/C15H27NO3S/c1-11(17)20-10-13-7-5-12(6-8-13)9-16-14(18)19-15(2,3)4/h12-13H,5-10H2,1-4H3,(H,16,18). The van der Waals surface area contributed by atoms with Crippen molar-refractivity contribution in [1.29, 1.82) is 0 Å². The van der Waals surface area contributed by atoms with Gasteiger partial charge in [0, 0.05) is 19.2 Å². The molecule has 1 amide bonds. The SMILES string of the molecule is CC(=O)SCC1CCC(CNC(=O)OC(C)(C)C)CC1. The summed E-state index contributed by atoms with van der Waals surface area (Å²) in [5.41, 5.74) is -0.439. The number of hydrogen-bond acceptors (Lipinski definition) is 4. The summed E-state index contributed by atoms with van der Waals surface area (Å²) in [6, 6.07) is 0. The Balaban J connectivity index is 2.16. The van der Waals surface area contributed by atoms with Gasteiger partial charge in [-0.25, -0.2) is 4.79 Å². The van der Waals surface area contributed by atoms with Crippen LogP contribution in [0.15, 0.2) is 0 Å². The van der Waals surface area contributed by atoms with Gasteiger partial charge in [0.05, 0.1) is 0 Å². The highest BCUT2D eigenvalue weighted by atomic mass is 32.2. The van der Waals surface area contributed by atoms with E-state index in [0.29, 0.717) is 18.4 Å². The van der Waals surface area contributed by atoms with E-state index in [1.54, 1.807) is 6.92 Å². The Hall–Kier alpha value is -0.710. The lowest BCUT2D eigenvalue weighted by atomic mass is 9.83. The first-order valence-electron chi connectivity index (χ1n) is 7.36. The second kappa shape index (κ2) is 7.91. The van der Waals surface area contributed by atoms with E-state index in [2.05, 4.69) is 5.32 Å². The summed E-state index contributed by atoms with van der Waals surface area (Å²) in [4.78, 5) is 22.5. The topological polar surface area (TPSA) is 55.4 Å². The summed E-state index contributed by atoms with van der Waals surface area (Å²) in [7, 11) is 0. The first-order valence-corrected chi connectivity index (χ1v) is 8.35. The number of thioether (sulfide) groups is 1. The van der Waals surface area contributed by atoms with Crippen molar-refractivity contribution in [3.8, 4) is 0 Å². The number of alkyl carbamates (subject to hydrolysis) is 1. The second-order valence-corrected chi connectivity index (χ2v) is 7.77. The molecule has 1 saturated carbocycles. The van der Waals surface area contributed by atoms with Crippen molar-refractivity contribution >= 4 is 23.0 Å². The van der Waals surface area contributed by atoms with Crippen LogP contribution in [0.4, 0.5) is 4.79 Å². The van der Waals surface area contributed by atoms with E-state index < -0.39 is 5.60 Å². The van der Waals surface area contributed by atoms with Crippen molar-refractivity contribution in [3.05, 3.63) is 0 Å². The number of carbonyl (C=O) groups is 2. The number of amides is 1. The van der Waals surface area contributed by atoms with Gasteiger partial charge in [-0.3, -0.25) is 4.79 Å². The molecule has 0 aromatic heterocycles. The first-order chi connectivity index (χ1) is 9.26. The lowest BCUT2D eigenvalue weighted by Gasteiger charge is -2.28. The molecule has 0 spiro atoms. The van der Waals surface area contributed by atoms with Crippen molar-refractivity contribution in [3.63, 3.8) is 0 Å². The molecule has 116 valence electrons. The zero-order chi connectivity index (χ0) is 15.2. The minimum absolute atomic E-state index is 0.207. The Morgan fingerprint density at radius 1 is 1.15 bits per heavy atom. The second-order valence-electron chi connectivity index (χ2n) is 6.57. The lowest BCUT2D eigenvalue weighted by Crippen LogP contribution is -2.36. The van der Waals surface area contributed by atoms with E-state index in [9.17, 15) is 9.59 Å². The molecule has 1 rings (SSSR count). The fourth-order valence-corrected chi connectivity index (χ4v) is 3.18. The van der Waals surface area contributed by atoms with Gasteiger partial charge in [-0.15, -0.1) is 0 Å². The zero-order valence-corrected chi connectivity index (χ0v) is 13.8. The molecule has 0 radical (unpaired) electrons. The van der Waals surface area contributed by atoms with Crippen LogP contribution in [0.3, 0.4) is 0 Å². The normalized spacial score (nSPS) is 23.2. The number of carbonyl (C=O) groups excluding carboxylic acids is 2. The van der Waals surface area contributed by atoms with Crippen LogP contribution in [0.25, 0.3) is 0 Å². The van der Waals surface area contributed by atoms with Gasteiger partial charge in [0.25, 0.3) is 0 Å². The highest BCUT2D eigenvalue weighted by Gasteiger charge is 2.23. The average Bonchev–Trinajstić information content (AvgIpc) is 2.33. The molecule has 0 aliphatic heterocycles. The minimum Gasteiger partial charge on any atom is -0.444 e. The maximum atomic E-state index is 11.6. The number of rotatable bonds is 4. The first kappa shape index (κ1) is 17.3. The third-order valence-electron chi connectivity index (χ3n) is 3.42. The van der Waals surface area contributed by atoms with Crippen LogP contribution in [-0.4, -0.2) is 29.1 Å². The highest BCUT2D eigenvalue weighted by Crippen LogP contribution is 2.30. The van der Waals surface area contributed by atoms with E-state index in [1.165, 1.54) is 11.8 Å². The van der Waals surface area contributed by atoms with Gasteiger partial charge in [0.2, 0.25) is 0 Å². The largest absolute Gasteiger partial charge is 0.444 e. The molecule has 1 aliphatic carbocycles. The maximum Gasteiger partial charge on any atom is 0.407 e. The summed E-state index contributed by atoms with van der Waals surface area (Å²) in [6.07, 6.45) is 4.23. The van der Waals surface area contributed by atoms with Gasteiger partial charge in [0.1, 0.15) is 5.60 Å². The molecule has 0 atom stereocenters. The van der Waals surface area contributed by atoms with Crippen molar-refractivity contribution in [2.24, 2.45) is 11.8 Å². The molecule has 0 unspecified atom stereocenters. The molecule has 0 aromatic rings. The molecular formula is C15H27NO3S. The fourth-order valence-electron chi connectivity index (χ4n) is 2.38. The average molecular weight is 301 g/mol. The predicted molar refractivity (Wildman–Crippen MR) is 82.8 cm³/mol. The summed E-state index contributed by atoms with van der Waals surface area (Å²) in [5.74, 6) is 2.14. The fraction of sp³-hybridized carbons (Fsp3) is 0.867. The molecule has 1 N–H and O–H groups in total. The van der Waals surface area contributed by atoms with Gasteiger partial charge in [-0.1, -0.05) is 11.8 Å². The molecule has 20 heavy (non-hydrogen) atoms. The van der Waals surface area contributed by atoms with Crippen LogP contribution in [0.5, 0.6) is 0 Å². The monoisotopic (exact) mass is 301 g/mol. The van der Waals surface area contributed by atoms with Crippen molar-refractivity contribution < 1.29 is 14.3 Å². The van der Waals surface area contributed by atoms with Gasteiger partial charge >= 0.3 is 6.09 Å². The van der Waals surface area contributed by atoms with Gasteiger partial charge in [-0.05, 0) is 58.3 Å². The van der Waals surface area contributed by atoms with Crippen LogP contribution in [0.1, 0.15) is 53.4 Å². The third-order valence-corrected chi connectivity index (χ3v) is 4.47. The van der Waals surface area contributed by atoms with Crippen LogP contribution in [0, 0.1) is 11.8 Å². The number of hydrogen-bond donors (Lipinski definition) is 1. The van der Waals surface area contributed by atoms with Gasteiger partial charge < -0.3 is 10.1 Å². The van der Waals surface area contributed by atoms with Crippen LogP contribution < -0.4 is 5.32 Å². The summed E-state index contributed by atoms with van der Waals surface area (Å²) in [6.45, 7) is 7.92. The van der Waals surface area contributed by atoms with Crippen LogP contribution in [0.2, 0.25) is 0 Å². The Labute approximate surface area is 126 Å². The van der Waals surface area contributed by atoms with Crippen molar-refractivity contribution in [2.75, 3.05) is 12.3 Å². The predicted octanol–water partition coefficient (Wildman–Crippen LogP) is 3.60. The van der Waals surface area contributed by atoms with Gasteiger partial charge in [0.15, 0.2) is 5.12 Å². The van der Waals surface area contributed by atoms with Crippen molar-refractivity contribution in [1.82, 2.24) is 5.32 Å². The number of ether oxygens (including phenoxy) is 1. The van der Waals surface area contributed by atoms with Gasteiger partial charge in [-0.2, -0.15) is 0 Å².